The highest BCUT2D eigenvalue weighted by molar-refractivity contribution is 6.09. The van der Waals surface area contributed by atoms with Gasteiger partial charge in [-0.2, -0.15) is 0 Å². The highest BCUT2D eigenvalue weighted by Crippen LogP contribution is 2.19. The first-order valence-corrected chi connectivity index (χ1v) is 5.49. The maximum absolute atomic E-state index is 10.8. The zero-order valence-electron chi connectivity index (χ0n) is 9.34. The Morgan fingerprint density at radius 1 is 1.24 bits per heavy atom. The Morgan fingerprint density at radius 2 is 2.12 bits per heavy atom. The molecular formula is C14H13NO2. The Labute approximate surface area is 99.9 Å². The maximum atomic E-state index is 10.8. The van der Waals surface area contributed by atoms with Crippen LogP contribution in [0.1, 0.15) is 12.8 Å². The molecule has 0 aromatic rings. The minimum atomic E-state index is -0.936. The summed E-state index contributed by atoms with van der Waals surface area (Å²) in [6.07, 6.45) is 16.6. The van der Waals surface area contributed by atoms with E-state index < -0.39 is 5.97 Å². The first-order chi connectivity index (χ1) is 8.27. The molecule has 0 atom stereocenters. The molecule has 0 aromatic carbocycles. The molecule has 0 spiro atoms. The molecule has 3 heteroatoms. The lowest BCUT2D eigenvalue weighted by Gasteiger charge is -2.00. The fourth-order valence-corrected chi connectivity index (χ4v) is 1.63. The standard InChI is InChI=1S/C14H13NO2/c16-14(17)12-8-5-9-13(15-10-12)11-6-3-1-2-4-7-11/h1,3-4,6-10H,2,5H2,(H,16,17). The van der Waals surface area contributed by atoms with Crippen LogP contribution in [0.15, 0.2) is 64.4 Å². The van der Waals surface area contributed by atoms with Crippen LogP contribution in [0.25, 0.3) is 0 Å². The summed E-state index contributed by atoms with van der Waals surface area (Å²) in [6.45, 7) is 0. The second-order valence-corrected chi connectivity index (χ2v) is 3.74. The molecule has 0 radical (unpaired) electrons. The number of aliphatic carboxylic acids is 1. The second-order valence-electron chi connectivity index (χ2n) is 3.74. The molecule has 0 saturated carbocycles. The van der Waals surface area contributed by atoms with E-state index in [-0.39, 0.29) is 5.57 Å². The van der Waals surface area contributed by atoms with Gasteiger partial charge in [-0.25, -0.2) is 4.79 Å². The van der Waals surface area contributed by atoms with Crippen LogP contribution in [0.2, 0.25) is 0 Å². The molecule has 17 heavy (non-hydrogen) atoms. The molecule has 3 nitrogen and oxygen atoms in total. The Bertz CT molecular complexity index is 502. The van der Waals surface area contributed by atoms with Crippen LogP contribution in [0, 0.1) is 0 Å². The SMILES string of the molecule is O=C(O)C1=CCC=C(C2=CC=CCC=C2)N=C1. The van der Waals surface area contributed by atoms with Crippen molar-refractivity contribution >= 4 is 12.2 Å². The third-order valence-corrected chi connectivity index (χ3v) is 2.52. The van der Waals surface area contributed by atoms with Gasteiger partial charge in [0, 0.05) is 6.21 Å². The van der Waals surface area contributed by atoms with E-state index >= 15 is 0 Å². The third-order valence-electron chi connectivity index (χ3n) is 2.52. The molecule has 0 aromatic heterocycles. The number of hydrogen-bond donors (Lipinski definition) is 1. The molecule has 0 unspecified atom stereocenters. The lowest BCUT2D eigenvalue weighted by Crippen LogP contribution is -2.00. The van der Waals surface area contributed by atoms with Crippen LogP contribution in [-0.2, 0) is 4.79 Å². The summed E-state index contributed by atoms with van der Waals surface area (Å²) in [4.78, 5) is 15.0. The van der Waals surface area contributed by atoms with E-state index in [1.165, 1.54) is 6.21 Å². The number of hydrogen-bond acceptors (Lipinski definition) is 2. The molecular weight excluding hydrogens is 214 g/mol. The molecule has 1 heterocycles. The zero-order valence-corrected chi connectivity index (χ0v) is 9.34. The minimum Gasteiger partial charge on any atom is -0.478 e. The van der Waals surface area contributed by atoms with Crippen molar-refractivity contribution in [3.8, 4) is 0 Å². The topological polar surface area (TPSA) is 49.7 Å². The molecule has 1 N–H and O–H groups in total. The van der Waals surface area contributed by atoms with Gasteiger partial charge in [0.05, 0.1) is 11.3 Å². The summed E-state index contributed by atoms with van der Waals surface area (Å²) in [5.41, 5.74) is 2.07. The maximum Gasteiger partial charge on any atom is 0.336 e. The summed E-state index contributed by atoms with van der Waals surface area (Å²) >= 11 is 0. The summed E-state index contributed by atoms with van der Waals surface area (Å²) in [5, 5.41) is 8.88. The molecule has 0 bridgehead atoms. The van der Waals surface area contributed by atoms with Crippen molar-refractivity contribution in [3.05, 3.63) is 59.4 Å². The lowest BCUT2D eigenvalue weighted by atomic mass is 10.1. The van der Waals surface area contributed by atoms with E-state index in [9.17, 15) is 4.79 Å². The third kappa shape index (κ3) is 2.91. The molecule has 1 aliphatic carbocycles. The van der Waals surface area contributed by atoms with E-state index in [2.05, 4.69) is 17.1 Å². The number of nitrogens with zero attached hydrogens (tertiary/aromatic N) is 1. The van der Waals surface area contributed by atoms with Crippen LogP contribution < -0.4 is 0 Å². The predicted octanol–water partition coefficient (Wildman–Crippen LogP) is 2.80. The van der Waals surface area contributed by atoms with Crippen molar-refractivity contribution in [2.75, 3.05) is 0 Å². The highest BCUT2D eigenvalue weighted by Gasteiger charge is 2.08. The first kappa shape index (κ1) is 11.3. The van der Waals surface area contributed by atoms with E-state index in [4.69, 9.17) is 5.11 Å². The van der Waals surface area contributed by atoms with Gasteiger partial charge in [-0.05, 0) is 18.4 Å². The number of rotatable bonds is 2. The molecule has 2 rings (SSSR count). The normalized spacial score (nSPS) is 18.9. The van der Waals surface area contributed by atoms with Crippen LogP contribution >= 0.6 is 0 Å². The summed E-state index contributed by atoms with van der Waals surface area (Å²) in [5.74, 6) is -0.936. The lowest BCUT2D eigenvalue weighted by molar-refractivity contribution is -0.132. The average Bonchev–Trinajstić information content (AvgIpc) is 2.71. The highest BCUT2D eigenvalue weighted by atomic mass is 16.4. The fourth-order valence-electron chi connectivity index (χ4n) is 1.63. The van der Waals surface area contributed by atoms with Gasteiger partial charge in [0.15, 0.2) is 0 Å². The predicted molar refractivity (Wildman–Crippen MR) is 67.9 cm³/mol. The zero-order chi connectivity index (χ0) is 12.1. The van der Waals surface area contributed by atoms with Gasteiger partial charge < -0.3 is 5.11 Å². The number of carboxylic acids is 1. The van der Waals surface area contributed by atoms with Gasteiger partial charge in [-0.1, -0.05) is 42.5 Å². The molecule has 0 amide bonds. The minimum absolute atomic E-state index is 0.241. The van der Waals surface area contributed by atoms with Crippen molar-refractivity contribution in [1.29, 1.82) is 0 Å². The van der Waals surface area contributed by atoms with Crippen molar-refractivity contribution in [2.24, 2.45) is 4.99 Å². The Balaban J connectivity index is 2.23. The fraction of sp³-hybridized carbons (Fsp3) is 0.143. The number of allylic oxidation sites excluding steroid dienone is 7. The van der Waals surface area contributed by atoms with Gasteiger partial charge in [0.1, 0.15) is 0 Å². The largest absolute Gasteiger partial charge is 0.478 e. The van der Waals surface area contributed by atoms with Crippen LogP contribution in [0.4, 0.5) is 0 Å². The smallest absolute Gasteiger partial charge is 0.336 e. The first-order valence-electron chi connectivity index (χ1n) is 5.49. The monoisotopic (exact) mass is 227 g/mol. The van der Waals surface area contributed by atoms with Gasteiger partial charge in [0.25, 0.3) is 0 Å². The van der Waals surface area contributed by atoms with Crippen molar-refractivity contribution in [1.82, 2.24) is 0 Å². The number of carbonyl (C=O) groups is 1. The van der Waals surface area contributed by atoms with Crippen LogP contribution in [-0.4, -0.2) is 17.3 Å². The van der Waals surface area contributed by atoms with Gasteiger partial charge >= 0.3 is 5.97 Å². The van der Waals surface area contributed by atoms with Crippen LogP contribution in [0.5, 0.6) is 0 Å². The Morgan fingerprint density at radius 3 is 2.94 bits per heavy atom. The molecule has 2 aliphatic rings. The van der Waals surface area contributed by atoms with Crippen molar-refractivity contribution in [3.63, 3.8) is 0 Å². The van der Waals surface area contributed by atoms with Crippen molar-refractivity contribution in [2.45, 2.75) is 12.8 Å². The number of carboxylic acid groups (broad SMARTS) is 1. The second kappa shape index (κ2) is 5.25. The van der Waals surface area contributed by atoms with Crippen LogP contribution in [0.3, 0.4) is 0 Å². The molecule has 0 fully saturated rings. The van der Waals surface area contributed by atoms with Crippen molar-refractivity contribution < 1.29 is 9.90 Å². The van der Waals surface area contributed by atoms with E-state index in [1.54, 1.807) is 6.08 Å². The summed E-state index contributed by atoms with van der Waals surface area (Å²) < 4.78 is 0. The van der Waals surface area contributed by atoms with Gasteiger partial charge in [-0.3, -0.25) is 4.99 Å². The molecule has 1 aliphatic heterocycles. The average molecular weight is 227 g/mol. The van der Waals surface area contributed by atoms with Gasteiger partial charge in [-0.15, -0.1) is 0 Å². The Kier molecular flexibility index (Phi) is 3.50. The molecule has 0 saturated heterocycles. The van der Waals surface area contributed by atoms with E-state index in [0.717, 1.165) is 17.7 Å². The summed E-state index contributed by atoms with van der Waals surface area (Å²) in [6, 6.07) is 0. The quantitative estimate of drug-likeness (QED) is 0.788. The van der Waals surface area contributed by atoms with E-state index in [0.29, 0.717) is 6.42 Å². The number of aliphatic imine (C=N–C) groups is 1. The molecule has 86 valence electrons. The van der Waals surface area contributed by atoms with E-state index in [1.807, 2.05) is 24.3 Å². The van der Waals surface area contributed by atoms with Gasteiger partial charge in [0.2, 0.25) is 0 Å². The Hall–Kier alpha value is -2.16. The summed E-state index contributed by atoms with van der Waals surface area (Å²) in [7, 11) is 0.